The van der Waals surface area contributed by atoms with Crippen LogP contribution in [0.2, 0.25) is 0 Å². The Kier molecular flexibility index (Phi) is 7.99. The Morgan fingerprint density at radius 1 is 0.571 bits per heavy atom. The maximum absolute atomic E-state index is 14.9. The lowest BCUT2D eigenvalue weighted by Gasteiger charge is -2.33. The molecule has 3 heteroatoms. The minimum Gasteiger partial charge on any atom is -0.496 e. The number of allylic oxidation sites excluding steroid dienone is 1. The minimum absolute atomic E-state index is 0.0441. The first kappa shape index (κ1) is 27.3. The highest BCUT2D eigenvalue weighted by Crippen LogP contribution is 2.49. The van der Waals surface area contributed by atoms with E-state index in [4.69, 9.17) is 4.74 Å². The van der Waals surface area contributed by atoms with Crippen LogP contribution >= 0.6 is 6.89 Å². The summed E-state index contributed by atoms with van der Waals surface area (Å²) in [5.41, 5.74) is 1.78. The van der Waals surface area contributed by atoms with Crippen molar-refractivity contribution >= 4 is 50.7 Å². The monoisotopic (exact) mass is 562 g/mol. The lowest BCUT2D eigenvalue weighted by Crippen LogP contribution is -2.34. The van der Waals surface area contributed by atoms with Crippen LogP contribution in [0, 0.1) is 0 Å². The van der Waals surface area contributed by atoms with Gasteiger partial charge in [-0.15, -0.1) is 0 Å². The molecule has 0 heterocycles. The summed E-state index contributed by atoms with van der Waals surface area (Å²) in [7, 11) is 1.68. The smallest absolute Gasteiger partial charge is 0.187 e. The lowest BCUT2D eigenvalue weighted by atomic mass is 10.0. The fourth-order valence-corrected chi connectivity index (χ4v) is 10.1. The van der Waals surface area contributed by atoms with E-state index in [2.05, 4.69) is 97.1 Å². The molecule has 2 nitrogen and oxygen atoms in total. The maximum Gasteiger partial charge on any atom is 0.187 e. The van der Waals surface area contributed by atoms with Crippen LogP contribution in [0.4, 0.5) is 0 Å². The second-order valence-corrected chi connectivity index (χ2v) is 13.4. The standard InChI is InChI=1S/C39H31O2P/c1-41-38-29-32-19-15-14-18-31(32)28-36(38)39(37(40)27-26-30-16-6-2-7-17-30)42(33-20-8-3-9-21-33,34-22-10-4-11-23-34)35-24-12-5-13-25-35/h2-29H,1H3/b27-26+. The number of benzene rings is 6. The number of hydrogen-bond acceptors (Lipinski definition) is 2. The third-order valence-electron chi connectivity index (χ3n) is 7.55. The number of carbonyl (C=O) groups excluding carboxylic acids is 1. The van der Waals surface area contributed by atoms with E-state index in [0.717, 1.165) is 43.1 Å². The highest BCUT2D eigenvalue weighted by molar-refractivity contribution is 7.97. The van der Waals surface area contributed by atoms with Crippen molar-refractivity contribution in [2.24, 2.45) is 0 Å². The van der Waals surface area contributed by atoms with Crippen LogP contribution in [0.1, 0.15) is 11.1 Å². The lowest BCUT2D eigenvalue weighted by molar-refractivity contribution is -0.108. The molecule has 0 atom stereocenters. The molecule has 0 aliphatic heterocycles. The number of methoxy groups -OCH3 is 1. The molecule has 0 aromatic heterocycles. The summed E-state index contributed by atoms with van der Waals surface area (Å²) < 4.78 is 6.07. The van der Waals surface area contributed by atoms with Crippen molar-refractivity contribution < 1.29 is 9.53 Å². The fraction of sp³-hybridized carbons (Fsp3) is 0.0256. The predicted octanol–water partition coefficient (Wildman–Crippen LogP) is 7.65. The van der Waals surface area contributed by atoms with Crippen molar-refractivity contribution in [3.8, 4) is 5.75 Å². The van der Waals surface area contributed by atoms with Crippen LogP contribution in [0.3, 0.4) is 0 Å². The van der Waals surface area contributed by atoms with Crippen molar-refractivity contribution in [3.05, 3.63) is 175 Å². The Morgan fingerprint density at radius 3 is 1.48 bits per heavy atom. The number of ether oxygens (including phenoxy) is 1. The number of hydrogen-bond donors (Lipinski definition) is 0. The Hall–Kier alpha value is -4.91. The van der Waals surface area contributed by atoms with Crippen LogP contribution in [0.15, 0.2) is 164 Å². The number of ketones is 1. The second-order valence-electron chi connectivity index (χ2n) is 10.0. The summed E-state index contributed by atoms with van der Waals surface area (Å²) in [6.45, 7) is -2.74. The topological polar surface area (TPSA) is 26.3 Å². The Bertz CT molecular complexity index is 1810. The van der Waals surface area contributed by atoms with Crippen molar-refractivity contribution in [1.29, 1.82) is 0 Å². The normalized spacial score (nSPS) is 11.5. The first-order chi connectivity index (χ1) is 20.7. The molecule has 0 saturated carbocycles. The molecule has 0 aliphatic rings. The molecule has 0 amide bonds. The summed E-state index contributed by atoms with van der Waals surface area (Å²) in [6, 6.07) is 53.8. The van der Waals surface area contributed by atoms with Crippen LogP contribution < -0.4 is 20.7 Å². The van der Waals surface area contributed by atoms with Gasteiger partial charge in [0.2, 0.25) is 0 Å². The highest BCUT2D eigenvalue weighted by atomic mass is 31.2. The van der Waals surface area contributed by atoms with E-state index >= 15 is 0 Å². The van der Waals surface area contributed by atoms with Crippen LogP contribution in [0.5, 0.6) is 5.75 Å². The first-order valence-corrected chi connectivity index (χ1v) is 15.8. The third-order valence-corrected chi connectivity index (χ3v) is 11.9. The summed E-state index contributed by atoms with van der Waals surface area (Å²) in [4.78, 5) is 14.9. The molecule has 6 rings (SSSR count). The summed E-state index contributed by atoms with van der Waals surface area (Å²) in [6.07, 6.45) is 3.63. The van der Waals surface area contributed by atoms with E-state index in [9.17, 15) is 4.79 Å². The molecular formula is C39H31O2P. The van der Waals surface area contributed by atoms with Gasteiger partial charge in [0.1, 0.15) is 5.75 Å². The molecule has 0 bridgehead atoms. The second kappa shape index (κ2) is 12.3. The SMILES string of the molecule is COc1cc2ccccc2cc1C(C(=O)/C=C/c1ccccc1)=P(c1ccccc1)(c1ccccc1)c1ccccc1. The molecular weight excluding hydrogens is 531 g/mol. The van der Waals surface area contributed by atoms with Gasteiger partial charge >= 0.3 is 0 Å². The van der Waals surface area contributed by atoms with Gasteiger partial charge < -0.3 is 4.74 Å². The first-order valence-electron chi connectivity index (χ1n) is 14.0. The molecule has 204 valence electrons. The third kappa shape index (κ3) is 5.14. The minimum atomic E-state index is -2.74. The van der Waals surface area contributed by atoms with Gasteiger partial charge in [-0.25, -0.2) is 0 Å². The molecule has 0 radical (unpaired) electrons. The van der Waals surface area contributed by atoms with E-state index in [1.807, 2.05) is 66.7 Å². The van der Waals surface area contributed by atoms with Crippen LogP contribution in [-0.4, -0.2) is 18.2 Å². The number of fused-ring (bicyclic) bond motifs is 1. The molecule has 0 fully saturated rings. The predicted molar refractivity (Wildman–Crippen MR) is 180 cm³/mol. The van der Waals surface area contributed by atoms with Crippen LogP contribution in [-0.2, 0) is 4.79 Å². The summed E-state index contributed by atoms with van der Waals surface area (Å²) in [5, 5.41) is 6.17. The van der Waals surface area contributed by atoms with Gasteiger partial charge in [-0.2, -0.15) is 0 Å². The zero-order valence-corrected chi connectivity index (χ0v) is 24.3. The van der Waals surface area contributed by atoms with E-state index < -0.39 is 6.89 Å². The van der Waals surface area contributed by atoms with E-state index in [1.165, 1.54) is 0 Å². The van der Waals surface area contributed by atoms with Gasteiger partial charge in [0, 0.05) is 10.9 Å². The van der Waals surface area contributed by atoms with E-state index in [-0.39, 0.29) is 5.78 Å². The van der Waals surface area contributed by atoms with Gasteiger partial charge in [0.15, 0.2) is 5.78 Å². The molecule has 0 spiro atoms. The molecule has 0 unspecified atom stereocenters. The van der Waals surface area contributed by atoms with Gasteiger partial charge in [-0.1, -0.05) is 152 Å². The summed E-state index contributed by atoms with van der Waals surface area (Å²) >= 11 is 0. The molecule has 42 heavy (non-hydrogen) atoms. The van der Waals surface area contributed by atoms with E-state index in [0.29, 0.717) is 5.75 Å². The van der Waals surface area contributed by atoms with Gasteiger partial charge in [-0.05, 0) is 57.3 Å². The maximum atomic E-state index is 14.9. The zero-order chi connectivity index (χ0) is 28.8. The van der Waals surface area contributed by atoms with Gasteiger partial charge in [-0.3, -0.25) is 4.79 Å². The molecule has 6 aromatic carbocycles. The van der Waals surface area contributed by atoms with Gasteiger partial charge in [0.05, 0.1) is 7.11 Å². The van der Waals surface area contributed by atoms with Crippen molar-refractivity contribution in [3.63, 3.8) is 0 Å². The van der Waals surface area contributed by atoms with Crippen molar-refractivity contribution in [2.45, 2.75) is 0 Å². The summed E-state index contributed by atoms with van der Waals surface area (Å²) in [5.74, 6) is 0.634. The average Bonchev–Trinajstić information content (AvgIpc) is 3.07. The Balaban J connectivity index is 1.84. The van der Waals surface area contributed by atoms with Crippen molar-refractivity contribution in [2.75, 3.05) is 7.11 Å². The Labute approximate surface area is 247 Å². The highest BCUT2D eigenvalue weighted by Gasteiger charge is 2.34. The molecule has 0 saturated heterocycles. The molecule has 6 aromatic rings. The largest absolute Gasteiger partial charge is 0.496 e. The van der Waals surface area contributed by atoms with Gasteiger partial charge in [0.25, 0.3) is 0 Å². The average molecular weight is 563 g/mol. The Morgan fingerprint density at radius 2 is 1.00 bits per heavy atom. The number of carbonyl (C=O) groups is 1. The molecule has 0 N–H and O–H groups in total. The fourth-order valence-electron chi connectivity index (χ4n) is 5.66. The zero-order valence-electron chi connectivity index (χ0n) is 23.4. The van der Waals surface area contributed by atoms with Crippen molar-refractivity contribution in [1.82, 2.24) is 0 Å². The quantitative estimate of drug-likeness (QED) is 0.141. The molecule has 0 aliphatic carbocycles. The van der Waals surface area contributed by atoms with Crippen LogP contribution in [0.25, 0.3) is 16.8 Å². The van der Waals surface area contributed by atoms with E-state index in [1.54, 1.807) is 13.2 Å². The number of rotatable bonds is 8.